The van der Waals surface area contributed by atoms with Gasteiger partial charge in [0.15, 0.2) is 9.84 Å². The van der Waals surface area contributed by atoms with Crippen LogP contribution in [0.3, 0.4) is 0 Å². The van der Waals surface area contributed by atoms with Crippen molar-refractivity contribution in [1.29, 1.82) is 0 Å². The summed E-state index contributed by atoms with van der Waals surface area (Å²) in [5, 5.41) is 11.4. The number of carbonyl (C=O) groups excluding carboxylic acids is 1. The fraction of sp³-hybridized carbons (Fsp3) is 0.467. The highest BCUT2D eigenvalue weighted by Gasteiger charge is 2.38. The maximum Gasteiger partial charge on any atom is 0.306 e. The van der Waals surface area contributed by atoms with Crippen LogP contribution in [-0.2, 0) is 25.8 Å². The molecule has 0 aliphatic heterocycles. The van der Waals surface area contributed by atoms with Gasteiger partial charge in [-0.2, -0.15) is 0 Å². The number of hydrogen-bond donors (Lipinski definition) is 2. The Kier molecular flexibility index (Phi) is 5.35. The van der Waals surface area contributed by atoms with Gasteiger partial charge >= 0.3 is 5.97 Å². The lowest BCUT2D eigenvalue weighted by Gasteiger charge is -2.21. The van der Waals surface area contributed by atoms with Crippen molar-refractivity contribution in [3.63, 3.8) is 0 Å². The Balaban J connectivity index is 2.81. The van der Waals surface area contributed by atoms with E-state index in [4.69, 9.17) is 5.11 Å². The number of nitrogens with one attached hydrogen (secondary N) is 1. The van der Waals surface area contributed by atoms with Gasteiger partial charge in [0, 0.05) is 11.9 Å². The summed E-state index contributed by atoms with van der Waals surface area (Å²) in [5.41, 5.74) is 1.30. The van der Waals surface area contributed by atoms with Crippen LogP contribution < -0.4 is 5.32 Å². The lowest BCUT2D eigenvalue weighted by atomic mass is 10.0. The van der Waals surface area contributed by atoms with E-state index < -0.39 is 32.4 Å². The lowest BCUT2D eigenvalue weighted by molar-refractivity contribution is -0.141. The molecule has 1 rings (SSSR count). The predicted molar refractivity (Wildman–Crippen MR) is 84.5 cm³/mol. The Bertz CT molecular complexity index is 662. The van der Waals surface area contributed by atoms with Crippen molar-refractivity contribution >= 4 is 27.4 Å². The molecule has 7 heteroatoms. The first kappa shape index (κ1) is 18.2. The quantitative estimate of drug-likeness (QED) is 0.828. The van der Waals surface area contributed by atoms with Gasteiger partial charge in [0.25, 0.3) is 0 Å². The highest BCUT2D eigenvalue weighted by Crippen LogP contribution is 2.19. The van der Waals surface area contributed by atoms with Gasteiger partial charge in [0.05, 0.1) is 5.92 Å². The number of anilines is 1. The molecule has 0 saturated carbocycles. The Morgan fingerprint density at radius 1 is 1.23 bits per heavy atom. The first-order chi connectivity index (χ1) is 9.95. The normalized spacial score (nSPS) is 13.5. The molecular weight excluding hydrogens is 306 g/mol. The van der Waals surface area contributed by atoms with Crippen LogP contribution in [0.5, 0.6) is 0 Å². The zero-order chi connectivity index (χ0) is 17.1. The number of carboxylic acid groups (broad SMARTS) is 1. The largest absolute Gasteiger partial charge is 0.481 e. The van der Waals surface area contributed by atoms with E-state index in [1.165, 1.54) is 13.8 Å². The maximum absolute atomic E-state index is 12.1. The second-order valence-electron chi connectivity index (χ2n) is 5.88. The van der Waals surface area contributed by atoms with Gasteiger partial charge in [-0.05, 0) is 38.0 Å². The Morgan fingerprint density at radius 3 is 2.14 bits per heavy atom. The molecule has 0 aliphatic rings. The first-order valence-electron chi connectivity index (χ1n) is 6.78. The standard InChI is InChI=1S/C15H21NO5S/c1-10(13(17)18)9-11-5-7-12(8-6-11)16-14(19)15(2,3)22(4,20)21/h5-8,10H,9H2,1-4H3,(H,16,19)(H,17,18)/t10-/m0/s1. The van der Waals surface area contributed by atoms with E-state index in [1.807, 2.05) is 0 Å². The zero-order valence-corrected chi connectivity index (χ0v) is 13.9. The topological polar surface area (TPSA) is 101 Å². The Hall–Kier alpha value is -1.89. The number of amides is 1. The molecule has 0 aromatic heterocycles. The van der Waals surface area contributed by atoms with E-state index in [9.17, 15) is 18.0 Å². The van der Waals surface area contributed by atoms with Crippen LogP contribution in [0.2, 0.25) is 0 Å². The van der Waals surface area contributed by atoms with Crippen LogP contribution in [0, 0.1) is 5.92 Å². The van der Waals surface area contributed by atoms with Crippen LogP contribution in [0.4, 0.5) is 5.69 Å². The average molecular weight is 327 g/mol. The summed E-state index contributed by atoms with van der Waals surface area (Å²) in [6.07, 6.45) is 1.40. The average Bonchev–Trinajstić information content (AvgIpc) is 2.39. The predicted octanol–water partition coefficient (Wildman–Crippen LogP) is 1.71. The van der Waals surface area contributed by atoms with Crippen molar-refractivity contribution in [2.75, 3.05) is 11.6 Å². The second-order valence-corrected chi connectivity index (χ2v) is 8.44. The van der Waals surface area contributed by atoms with E-state index in [2.05, 4.69) is 5.32 Å². The Labute approximate surface area is 130 Å². The van der Waals surface area contributed by atoms with Crippen molar-refractivity contribution in [1.82, 2.24) is 0 Å². The van der Waals surface area contributed by atoms with E-state index in [0.29, 0.717) is 12.1 Å². The van der Waals surface area contributed by atoms with Gasteiger partial charge in [-0.15, -0.1) is 0 Å². The van der Waals surface area contributed by atoms with Crippen LogP contribution in [0.1, 0.15) is 26.3 Å². The third kappa shape index (κ3) is 4.30. The summed E-state index contributed by atoms with van der Waals surface area (Å²) in [6.45, 7) is 4.31. The molecule has 0 unspecified atom stereocenters. The van der Waals surface area contributed by atoms with Crippen LogP contribution in [0.15, 0.2) is 24.3 Å². The number of rotatable bonds is 6. The van der Waals surface area contributed by atoms with Crippen molar-refractivity contribution < 1.29 is 23.1 Å². The van der Waals surface area contributed by atoms with Crippen molar-refractivity contribution in [3.05, 3.63) is 29.8 Å². The van der Waals surface area contributed by atoms with Gasteiger partial charge in [-0.3, -0.25) is 9.59 Å². The van der Waals surface area contributed by atoms with E-state index in [1.54, 1.807) is 31.2 Å². The molecule has 0 fully saturated rings. The van der Waals surface area contributed by atoms with Crippen molar-refractivity contribution in [2.45, 2.75) is 31.9 Å². The minimum atomic E-state index is -3.53. The number of aliphatic carboxylic acids is 1. The molecular formula is C15H21NO5S. The molecule has 2 N–H and O–H groups in total. The highest BCUT2D eigenvalue weighted by molar-refractivity contribution is 7.92. The van der Waals surface area contributed by atoms with Gasteiger partial charge < -0.3 is 10.4 Å². The molecule has 0 saturated heterocycles. The fourth-order valence-corrected chi connectivity index (χ4v) is 2.00. The first-order valence-corrected chi connectivity index (χ1v) is 8.67. The zero-order valence-electron chi connectivity index (χ0n) is 13.1. The number of carboxylic acids is 1. The van der Waals surface area contributed by atoms with Crippen LogP contribution >= 0.6 is 0 Å². The van der Waals surface area contributed by atoms with Gasteiger partial charge in [0.1, 0.15) is 4.75 Å². The molecule has 122 valence electrons. The van der Waals surface area contributed by atoms with Crippen LogP contribution in [-0.4, -0.2) is 36.4 Å². The molecule has 1 amide bonds. The highest BCUT2D eigenvalue weighted by atomic mass is 32.2. The number of sulfone groups is 1. The summed E-state index contributed by atoms with van der Waals surface area (Å²) in [6, 6.07) is 6.67. The SMILES string of the molecule is C[C@@H](Cc1ccc(NC(=O)C(C)(C)S(C)(=O)=O)cc1)C(=O)O. The summed E-state index contributed by atoms with van der Waals surface area (Å²) >= 11 is 0. The third-order valence-corrected chi connectivity index (χ3v) is 5.69. The number of carbonyl (C=O) groups is 2. The molecule has 0 heterocycles. The Morgan fingerprint density at radius 2 is 1.73 bits per heavy atom. The second kappa shape index (κ2) is 6.48. The van der Waals surface area contributed by atoms with Crippen molar-refractivity contribution in [2.24, 2.45) is 5.92 Å². The molecule has 0 bridgehead atoms. The molecule has 22 heavy (non-hydrogen) atoms. The summed E-state index contributed by atoms with van der Waals surface area (Å²) in [7, 11) is -3.53. The lowest BCUT2D eigenvalue weighted by Crippen LogP contribution is -2.43. The summed E-state index contributed by atoms with van der Waals surface area (Å²) < 4.78 is 21.7. The van der Waals surface area contributed by atoms with Gasteiger partial charge in [-0.1, -0.05) is 19.1 Å². The molecule has 1 aromatic carbocycles. The fourth-order valence-electron chi connectivity index (χ4n) is 1.62. The molecule has 0 radical (unpaired) electrons. The third-order valence-electron chi connectivity index (χ3n) is 3.65. The monoisotopic (exact) mass is 327 g/mol. The number of hydrogen-bond acceptors (Lipinski definition) is 4. The number of benzene rings is 1. The van der Waals surface area contributed by atoms with Gasteiger partial charge in [0.2, 0.25) is 5.91 Å². The molecule has 6 nitrogen and oxygen atoms in total. The molecule has 1 atom stereocenters. The molecule has 0 aliphatic carbocycles. The summed E-state index contributed by atoms with van der Waals surface area (Å²) in [5.74, 6) is -1.97. The van der Waals surface area contributed by atoms with E-state index >= 15 is 0 Å². The maximum atomic E-state index is 12.1. The van der Waals surface area contributed by atoms with Gasteiger partial charge in [-0.25, -0.2) is 8.42 Å². The summed E-state index contributed by atoms with van der Waals surface area (Å²) in [4.78, 5) is 22.9. The van der Waals surface area contributed by atoms with E-state index in [0.717, 1.165) is 11.8 Å². The minimum Gasteiger partial charge on any atom is -0.481 e. The smallest absolute Gasteiger partial charge is 0.306 e. The molecule has 0 spiro atoms. The van der Waals surface area contributed by atoms with Crippen molar-refractivity contribution in [3.8, 4) is 0 Å². The van der Waals surface area contributed by atoms with Crippen LogP contribution in [0.25, 0.3) is 0 Å². The molecule has 1 aromatic rings. The van der Waals surface area contributed by atoms with E-state index in [-0.39, 0.29) is 0 Å². The minimum absolute atomic E-state index is 0.387.